The summed E-state index contributed by atoms with van der Waals surface area (Å²) in [5, 5.41) is 0. The van der Waals surface area contributed by atoms with Crippen molar-refractivity contribution in [2.75, 3.05) is 13.1 Å². The third kappa shape index (κ3) is 2.71. The van der Waals surface area contributed by atoms with Crippen molar-refractivity contribution in [3.05, 3.63) is 54.0 Å². The minimum Gasteiger partial charge on any atom is -0.487 e. The minimum absolute atomic E-state index is 0.161. The Labute approximate surface area is 163 Å². The molecule has 144 valence electrons. The van der Waals surface area contributed by atoms with Gasteiger partial charge in [-0.15, -0.1) is 0 Å². The second-order valence-electron chi connectivity index (χ2n) is 7.92. The van der Waals surface area contributed by atoms with Crippen molar-refractivity contribution in [2.45, 2.75) is 38.2 Å². The maximum atomic E-state index is 11.4. The molecule has 4 heterocycles. The van der Waals surface area contributed by atoms with Crippen LogP contribution in [0.2, 0.25) is 0 Å². The molecular formula is C22H24N4O2. The normalized spacial score (nSPS) is 18.1. The predicted octanol–water partition coefficient (Wildman–Crippen LogP) is 3.55. The van der Waals surface area contributed by atoms with Gasteiger partial charge in [0.05, 0.1) is 0 Å². The number of imidazole rings is 1. The Bertz CT molecular complexity index is 1060. The summed E-state index contributed by atoms with van der Waals surface area (Å²) in [5.41, 5.74) is 11.1. The molecule has 1 fully saturated rings. The molecule has 28 heavy (non-hydrogen) atoms. The van der Waals surface area contributed by atoms with Crippen LogP contribution in [-0.4, -0.2) is 39.0 Å². The largest absolute Gasteiger partial charge is 0.487 e. The lowest BCUT2D eigenvalue weighted by atomic mass is 9.82. The highest BCUT2D eigenvalue weighted by Gasteiger charge is 2.40. The molecule has 1 spiro atoms. The molecule has 2 amide bonds. The van der Waals surface area contributed by atoms with Gasteiger partial charge < -0.3 is 19.8 Å². The highest BCUT2D eigenvalue weighted by molar-refractivity contribution is 5.72. The summed E-state index contributed by atoms with van der Waals surface area (Å²) >= 11 is 0. The molecule has 2 aliphatic rings. The Hall–Kier alpha value is -3.02. The number of pyridine rings is 1. The molecule has 6 nitrogen and oxygen atoms in total. The number of urea groups is 1. The molecule has 5 rings (SSSR count). The Morgan fingerprint density at radius 3 is 2.79 bits per heavy atom. The Balaban J connectivity index is 1.42. The van der Waals surface area contributed by atoms with Crippen molar-refractivity contribution in [1.82, 2.24) is 14.3 Å². The van der Waals surface area contributed by atoms with Crippen molar-refractivity contribution in [3.63, 3.8) is 0 Å². The molecule has 2 aromatic heterocycles. The lowest BCUT2D eigenvalue weighted by Crippen LogP contribution is -2.52. The van der Waals surface area contributed by atoms with Gasteiger partial charge in [-0.05, 0) is 55.2 Å². The lowest BCUT2D eigenvalue weighted by Gasteiger charge is -2.44. The number of carbonyl (C=O) groups excluding carboxylic acids is 1. The zero-order valence-electron chi connectivity index (χ0n) is 16.0. The van der Waals surface area contributed by atoms with Gasteiger partial charge in [0.25, 0.3) is 0 Å². The van der Waals surface area contributed by atoms with Gasteiger partial charge in [0, 0.05) is 49.6 Å². The molecule has 0 atom stereocenters. The van der Waals surface area contributed by atoms with Gasteiger partial charge in [0.1, 0.15) is 17.0 Å². The van der Waals surface area contributed by atoms with Gasteiger partial charge in [-0.25, -0.2) is 9.78 Å². The van der Waals surface area contributed by atoms with Crippen LogP contribution in [0.4, 0.5) is 4.79 Å². The Morgan fingerprint density at radius 2 is 2.00 bits per heavy atom. The first-order chi connectivity index (χ1) is 13.5. The van der Waals surface area contributed by atoms with Crippen LogP contribution >= 0.6 is 0 Å². The van der Waals surface area contributed by atoms with E-state index in [1.54, 1.807) is 4.90 Å². The number of fused-ring (bicyclic) bond motifs is 2. The van der Waals surface area contributed by atoms with E-state index < -0.39 is 0 Å². The van der Waals surface area contributed by atoms with Crippen LogP contribution in [0.15, 0.2) is 42.7 Å². The highest BCUT2D eigenvalue weighted by Crippen LogP contribution is 2.41. The van der Waals surface area contributed by atoms with Crippen molar-refractivity contribution in [1.29, 1.82) is 0 Å². The standard InChI is InChI=1S/C22H24N4O2/c1-15-18(3-5-20-24-10-13-26(15)20)16-2-4-19-17(14-16)6-7-22(28-19)8-11-25(12-9-22)21(23)27/h2-5,10,13-14H,6-9,11-12H2,1H3,(H2,23,27). The number of aromatic nitrogens is 2. The van der Waals surface area contributed by atoms with Crippen molar-refractivity contribution < 1.29 is 9.53 Å². The molecular weight excluding hydrogens is 352 g/mol. The number of nitrogens with two attached hydrogens (primary N) is 1. The van der Waals surface area contributed by atoms with E-state index in [0.717, 1.165) is 37.1 Å². The van der Waals surface area contributed by atoms with Crippen LogP contribution in [0.5, 0.6) is 5.75 Å². The number of hydrogen-bond acceptors (Lipinski definition) is 3. The fourth-order valence-corrected chi connectivity index (χ4v) is 4.61. The number of amides is 2. The van der Waals surface area contributed by atoms with Gasteiger partial charge in [0.2, 0.25) is 0 Å². The molecule has 6 heteroatoms. The summed E-state index contributed by atoms with van der Waals surface area (Å²) < 4.78 is 8.59. The van der Waals surface area contributed by atoms with Gasteiger partial charge in [-0.2, -0.15) is 0 Å². The Kier molecular flexibility index (Phi) is 3.82. The summed E-state index contributed by atoms with van der Waals surface area (Å²) in [6, 6.07) is 10.4. The first kappa shape index (κ1) is 17.1. The highest BCUT2D eigenvalue weighted by atomic mass is 16.5. The van der Waals surface area contributed by atoms with Crippen LogP contribution in [0, 0.1) is 6.92 Å². The fourth-order valence-electron chi connectivity index (χ4n) is 4.61. The zero-order chi connectivity index (χ0) is 19.3. The van der Waals surface area contributed by atoms with Crippen molar-refractivity contribution in [2.24, 2.45) is 5.73 Å². The lowest BCUT2D eigenvalue weighted by molar-refractivity contribution is -0.00471. The number of aryl methyl sites for hydroxylation is 2. The number of ether oxygens (including phenoxy) is 1. The first-order valence-electron chi connectivity index (χ1n) is 9.84. The molecule has 1 aromatic carbocycles. The summed E-state index contributed by atoms with van der Waals surface area (Å²) in [5.74, 6) is 0.976. The smallest absolute Gasteiger partial charge is 0.314 e. The van der Waals surface area contributed by atoms with Crippen LogP contribution in [-0.2, 0) is 6.42 Å². The molecule has 0 unspecified atom stereocenters. The molecule has 0 saturated carbocycles. The van der Waals surface area contributed by atoms with E-state index in [-0.39, 0.29) is 11.6 Å². The van der Waals surface area contributed by atoms with Gasteiger partial charge in [0.15, 0.2) is 0 Å². The summed E-state index contributed by atoms with van der Waals surface area (Å²) in [6.07, 6.45) is 7.48. The second-order valence-corrected chi connectivity index (χ2v) is 7.92. The fraction of sp³-hybridized carbons (Fsp3) is 0.364. The SMILES string of the molecule is Cc1c(-c2ccc3c(c2)CCC2(CCN(C(N)=O)CC2)O3)ccc2nccn12. The van der Waals surface area contributed by atoms with Crippen molar-refractivity contribution >= 4 is 11.7 Å². The minimum atomic E-state index is -0.332. The molecule has 2 aliphatic heterocycles. The monoisotopic (exact) mass is 376 g/mol. The number of likely N-dealkylation sites (tertiary alicyclic amines) is 1. The molecule has 3 aromatic rings. The quantitative estimate of drug-likeness (QED) is 0.706. The number of piperidine rings is 1. The van der Waals surface area contributed by atoms with Gasteiger partial charge in [-0.3, -0.25) is 0 Å². The molecule has 0 aliphatic carbocycles. The number of rotatable bonds is 1. The summed E-state index contributed by atoms with van der Waals surface area (Å²) in [4.78, 5) is 17.5. The van der Waals surface area contributed by atoms with Crippen LogP contribution in [0.25, 0.3) is 16.8 Å². The number of nitrogens with zero attached hydrogens (tertiary/aromatic N) is 3. The van der Waals surface area contributed by atoms with E-state index in [0.29, 0.717) is 13.1 Å². The van der Waals surface area contributed by atoms with Crippen LogP contribution in [0.3, 0.4) is 0 Å². The number of hydrogen-bond donors (Lipinski definition) is 1. The van der Waals surface area contributed by atoms with Crippen LogP contribution in [0.1, 0.15) is 30.5 Å². The third-order valence-corrected chi connectivity index (χ3v) is 6.35. The van der Waals surface area contributed by atoms with Gasteiger partial charge in [-0.1, -0.05) is 6.07 Å². The van der Waals surface area contributed by atoms with E-state index in [2.05, 4.69) is 46.6 Å². The van der Waals surface area contributed by atoms with Crippen LogP contribution < -0.4 is 10.5 Å². The van der Waals surface area contributed by atoms with E-state index in [9.17, 15) is 4.79 Å². The average Bonchev–Trinajstić information content (AvgIpc) is 3.18. The first-order valence-corrected chi connectivity index (χ1v) is 9.84. The topological polar surface area (TPSA) is 72.9 Å². The average molecular weight is 376 g/mol. The molecule has 2 N–H and O–H groups in total. The number of primary amides is 1. The molecule has 1 saturated heterocycles. The van der Waals surface area contributed by atoms with E-state index >= 15 is 0 Å². The Morgan fingerprint density at radius 1 is 1.18 bits per heavy atom. The van der Waals surface area contributed by atoms with E-state index in [1.165, 1.54) is 22.4 Å². The second kappa shape index (κ2) is 6.26. The van der Waals surface area contributed by atoms with Gasteiger partial charge >= 0.3 is 6.03 Å². The number of benzene rings is 1. The molecule has 0 radical (unpaired) electrons. The predicted molar refractivity (Wildman–Crippen MR) is 107 cm³/mol. The van der Waals surface area contributed by atoms with E-state index in [4.69, 9.17) is 10.5 Å². The van der Waals surface area contributed by atoms with Crippen molar-refractivity contribution in [3.8, 4) is 16.9 Å². The zero-order valence-corrected chi connectivity index (χ0v) is 16.0. The maximum absolute atomic E-state index is 11.4. The third-order valence-electron chi connectivity index (χ3n) is 6.35. The summed E-state index contributed by atoms with van der Waals surface area (Å²) in [7, 11) is 0. The maximum Gasteiger partial charge on any atom is 0.314 e. The number of carbonyl (C=O) groups is 1. The van der Waals surface area contributed by atoms with E-state index in [1.807, 2.05) is 12.4 Å². The molecule has 0 bridgehead atoms. The summed E-state index contributed by atoms with van der Waals surface area (Å²) in [6.45, 7) is 3.47.